The van der Waals surface area contributed by atoms with Gasteiger partial charge in [-0.05, 0) is 30.4 Å². The van der Waals surface area contributed by atoms with E-state index in [4.69, 9.17) is 0 Å². The van der Waals surface area contributed by atoms with E-state index in [9.17, 15) is 4.79 Å². The summed E-state index contributed by atoms with van der Waals surface area (Å²) in [7, 11) is 1.86. The SMILES string of the molecule is Cn1cc(C=CC(=O)NC(c2ccccc2)C2CC2)cn1. The van der Waals surface area contributed by atoms with Crippen molar-refractivity contribution in [2.75, 3.05) is 0 Å². The predicted molar refractivity (Wildman–Crippen MR) is 82.3 cm³/mol. The quantitative estimate of drug-likeness (QED) is 0.857. The second-order valence-electron chi connectivity index (χ2n) is 5.52. The summed E-state index contributed by atoms with van der Waals surface area (Å²) in [6.07, 6.45) is 9.35. The highest BCUT2D eigenvalue weighted by molar-refractivity contribution is 5.91. The number of benzene rings is 1. The molecule has 1 aliphatic rings. The van der Waals surface area contributed by atoms with Crippen LogP contribution in [0.3, 0.4) is 0 Å². The van der Waals surface area contributed by atoms with Crippen LogP contribution in [0.4, 0.5) is 0 Å². The number of aromatic nitrogens is 2. The van der Waals surface area contributed by atoms with Gasteiger partial charge < -0.3 is 5.32 Å². The summed E-state index contributed by atoms with van der Waals surface area (Å²) in [5, 5.41) is 7.19. The van der Waals surface area contributed by atoms with Gasteiger partial charge in [0.15, 0.2) is 0 Å². The van der Waals surface area contributed by atoms with Crippen molar-refractivity contribution in [1.29, 1.82) is 0 Å². The summed E-state index contributed by atoms with van der Waals surface area (Å²) in [6, 6.07) is 10.3. The lowest BCUT2D eigenvalue weighted by Crippen LogP contribution is -2.28. The maximum absolute atomic E-state index is 12.1. The van der Waals surface area contributed by atoms with E-state index in [2.05, 4.69) is 22.5 Å². The Balaban J connectivity index is 1.66. The third kappa shape index (κ3) is 3.60. The Morgan fingerprint density at radius 2 is 2.14 bits per heavy atom. The van der Waals surface area contributed by atoms with Crippen LogP contribution >= 0.6 is 0 Å². The van der Waals surface area contributed by atoms with Gasteiger partial charge >= 0.3 is 0 Å². The van der Waals surface area contributed by atoms with E-state index >= 15 is 0 Å². The van der Waals surface area contributed by atoms with E-state index in [0.717, 1.165) is 5.56 Å². The molecule has 1 saturated carbocycles. The van der Waals surface area contributed by atoms with E-state index in [0.29, 0.717) is 5.92 Å². The van der Waals surface area contributed by atoms with Crippen LogP contribution in [0.25, 0.3) is 6.08 Å². The van der Waals surface area contributed by atoms with Gasteiger partial charge in [-0.15, -0.1) is 0 Å². The van der Waals surface area contributed by atoms with Gasteiger partial charge in [0, 0.05) is 24.9 Å². The molecule has 3 rings (SSSR count). The van der Waals surface area contributed by atoms with Crippen molar-refractivity contribution in [1.82, 2.24) is 15.1 Å². The predicted octanol–water partition coefficient (Wildman–Crippen LogP) is 2.70. The number of nitrogens with zero attached hydrogens (tertiary/aromatic N) is 2. The van der Waals surface area contributed by atoms with Gasteiger partial charge in [0.2, 0.25) is 5.91 Å². The Labute approximate surface area is 124 Å². The molecule has 1 unspecified atom stereocenters. The third-order valence-corrected chi connectivity index (χ3v) is 3.70. The second-order valence-corrected chi connectivity index (χ2v) is 5.52. The minimum absolute atomic E-state index is 0.0559. The van der Waals surface area contributed by atoms with Crippen molar-refractivity contribution in [3.63, 3.8) is 0 Å². The standard InChI is InChI=1S/C17H19N3O/c1-20-12-13(11-18-20)7-10-16(21)19-17(15-8-9-15)14-5-3-2-4-6-14/h2-7,10-12,15,17H,8-9H2,1H3,(H,19,21). The molecule has 108 valence electrons. The van der Waals surface area contributed by atoms with Crippen LogP contribution in [0.5, 0.6) is 0 Å². The number of nitrogens with one attached hydrogen (secondary N) is 1. The summed E-state index contributed by atoms with van der Waals surface area (Å²) in [5.74, 6) is 0.516. The average Bonchev–Trinajstić information content (AvgIpc) is 3.26. The molecule has 0 radical (unpaired) electrons. The molecule has 0 spiro atoms. The van der Waals surface area contributed by atoms with E-state index in [1.54, 1.807) is 23.0 Å². The van der Waals surface area contributed by atoms with Crippen LogP contribution in [0, 0.1) is 5.92 Å². The molecule has 4 nitrogen and oxygen atoms in total. The van der Waals surface area contributed by atoms with Gasteiger partial charge in [0.25, 0.3) is 0 Å². The molecule has 1 atom stereocenters. The van der Waals surface area contributed by atoms with Crippen LogP contribution in [-0.2, 0) is 11.8 Å². The Morgan fingerprint density at radius 1 is 1.38 bits per heavy atom. The first kappa shape index (κ1) is 13.6. The van der Waals surface area contributed by atoms with Crippen LogP contribution in [0.15, 0.2) is 48.8 Å². The van der Waals surface area contributed by atoms with Crippen LogP contribution in [0.2, 0.25) is 0 Å². The van der Waals surface area contributed by atoms with Crippen LogP contribution in [-0.4, -0.2) is 15.7 Å². The summed E-state index contributed by atoms with van der Waals surface area (Å²) in [4.78, 5) is 12.1. The number of amides is 1. The normalized spacial score (nSPS) is 16.0. The maximum Gasteiger partial charge on any atom is 0.244 e. The highest BCUT2D eigenvalue weighted by Crippen LogP contribution is 2.40. The van der Waals surface area contributed by atoms with Gasteiger partial charge in [-0.3, -0.25) is 9.48 Å². The average molecular weight is 281 g/mol. The summed E-state index contributed by atoms with van der Waals surface area (Å²) >= 11 is 0. The lowest BCUT2D eigenvalue weighted by Gasteiger charge is -2.17. The molecule has 1 aromatic heterocycles. The minimum Gasteiger partial charge on any atom is -0.345 e. The van der Waals surface area contributed by atoms with Gasteiger partial charge in [-0.2, -0.15) is 5.10 Å². The minimum atomic E-state index is -0.0559. The van der Waals surface area contributed by atoms with Gasteiger partial charge in [0.1, 0.15) is 0 Å². The molecule has 1 amide bonds. The molecule has 1 aliphatic carbocycles. The zero-order chi connectivity index (χ0) is 14.7. The highest BCUT2D eigenvalue weighted by atomic mass is 16.1. The van der Waals surface area contributed by atoms with Crippen molar-refractivity contribution >= 4 is 12.0 Å². The molecule has 0 saturated heterocycles. The molecule has 21 heavy (non-hydrogen) atoms. The lowest BCUT2D eigenvalue weighted by atomic mass is 10.0. The van der Waals surface area contributed by atoms with Crippen molar-refractivity contribution < 1.29 is 4.79 Å². The molecule has 1 fully saturated rings. The zero-order valence-electron chi connectivity index (χ0n) is 12.1. The monoisotopic (exact) mass is 281 g/mol. The Morgan fingerprint density at radius 3 is 2.76 bits per heavy atom. The van der Waals surface area contributed by atoms with Crippen molar-refractivity contribution in [3.05, 3.63) is 59.9 Å². The molecule has 1 aromatic carbocycles. The number of hydrogen-bond donors (Lipinski definition) is 1. The number of aryl methyl sites for hydroxylation is 1. The fraction of sp³-hybridized carbons (Fsp3) is 0.294. The fourth-order valence-corrected chi connectivity index (χ4v) is 2.46. The van der Waals surface area contributed by atoms with E-state index in [1.807, 2.05) is 31.4 Å². The van der Waals surface area contributed by atoms with Gasteiger partial charge in [0.05, 0.1) is 12.2 Å². The number of hydrogen-bond acceptors (Lipinski definition) is 2. The van der Waals surface area contributed by atoms with Crippen LogP contribution in [0.1, 0.15) is 30.0 Å². The van der Waals surface area contributed by atoms with Gasteiger partial charge in [-0.25, -0.2) is 0 Å². The highest BCUT2D eigenvalue weighted by Gasteiger charge is 2.32. The summed E-state index contributed by atoms with van der Waals surface area (Å²) in [5.41, 5.74) is 2.11. The molecule has 0 bridgehead atoms. The summed E-state index contributed by atoms with van der Waals surface area (Å²) < 4.78 is 1.72. The lowest BCUT2D eigenvalue weighted by molar-refractivity contribution is -0.117. The molecule has 0 aliphatic heterocycles. The number of carbonyl (C=O) groups excluding carboxylic acids is 1. The Hall–Kier alpha value is -2.36. The molecular formula is C17H19N3O. The number of rotatable bonds is 5. The van der Waals surface area contributed by atoms with Crippen molar-refractivity contribution in [2.24, 2.45) is 13.0 Å². The van der Waals surface area contributed by atoms with Crippen LogP contribution < -0.4 is 5.32 Å². The zero-order valence-corrected chi connectivity index (χ0v) is 12.1. The Bertz CT molecular complexity index is 641. The first-order valence-electron chi connectivity index (χ1n) is 7.24. The molecule has 1 heterocycles. The van der Waals surface area contributed by atoms with Gasteiger partial charge in [-0.1, -0.05) is 30.3 Å². The summed E-state index contributed by atoms with van der Waals surface area (Å²) in [6.45, 7) is 0. The maximum atomic E-state index is 12.1. The third-order valence-electron chi connectivity index (χ3n) is 3.70. The van der Waals surface area contributed by atoms with E-state index < -0.39 is 0 Å². The van der Waals surface area contributed by atoms with Crippen molar-refractivity contribution in [3.8, 4) is 0 Å². The topological polar surface area (TPSA) is 46.9 Å². The first-order chi connectivity index (χ1) is 10.2. The van der Waals surface area contributed by atoms with E-state index in [1.165, 1.54) is 18.4 Å². The smallest absolute Gasteiger partial charge is 0.244 e. The van der Waals surface area contributed by atoms with E-state index in [-0.39, 0.29) is 11.9 Å². The largest absolute Gasteiger partial charge is 0.345 e. The first-order valence-corrected chi connectivity index (χ1v) is 7.24. The molecule has 4 heteroatoms. The Kier molecular flexibility index (Phi) is 3.86. The number of carbonyl (C=O) groups is 1. The second kappa shape index (κ2) is 5.95. The molecule has 1 N–H and O–H groups in total. The molecular weight excluding hydrogens is 262 g/mol. The van der Waals surface area contributed by atoms with Crippen molar-refractivity contribution in [2.45, 2.75) is 18.9 Å². The molecule has 2 aromatic rings. The fourth-order valence-electron chi connectivity index (χ4n) is 2.46.